The standard InChI is InChI=1S/C11H10F2N2/c12-11(13)9(14)8-5-1-3-7-4-2-6-15-10(7)8/h1-6,9,11H,14H2. The predicted octanol–water partition coefficient (Wildman–Crippen LogP) is 2.50. The van der Waals surface area contributed by atoms with Crippen molar-refractivity contribution >= 4 is 10.9 Å². The van der Waals surface area contributed by atoms with E-state index in [1.165, 1.54) is 0 Å². The molecule has 2 rings (SSSR count). The van der Waals surface area contributed by atoms with Crippen LogP contribution in [0.1, 0.15) is 11.6 Å². The lowest BCUT2D eigenvalue weighted by Crippen LogP contribution is -2.19. The first-order valence-electron chi connectivity index (χ1n) is 4.57. The Kier molecular flexibility index (Phi) is 2.60. The Labute approximate surface area is 85.7 Å². The van der Waals surface area contributed by atoms with E-state index in [2.05, 4.69) is 4.98 Å². The number of hydrogen-bond donors (Lipinski definition) is 1. The Bertz CT molecular complexity index is 466. The van der Waals surface area contributed by atoms with E-state index >= 15 is 0 Å². The van der Waals surface area contributed by atoms with Gasteiger partial charge in [-0.05, 0) is 6.07 Å². The molecule has 2 aromatic rings. The summed E-state index contributed by atoms with van der Waals surface area (Å²) in [5.74, 6) is 0. The summed E-state index contributed by atoms with van der Waals surface area (Å²) in [5, 5.41) is 0.825. The SMILES string of the molecule is NC(c1cccc2cccnc12)C(F)F. The molecule has 4 heteroatoms. The molecule has 78 valence electrons. The van der Waals surface area contributed by atoms with Crippen molar-refractivity contribution in [3.63, 3.8) is 0 Å². The van der Waals surface area contributed by atoms with Crippen molar-refractivity contribution in [3.05, 3.63) is 42.1 Å². The lowest BCUT2D eigenvalue weighted by Gasteiger charge is -2.12. The van der Waals surface area contributed by atoms with Crippen LogP contribution in [0.25, 0.3) is 10.9 Å². The molecule has 0 spiro atoms. The highest BCUT2D eigenvalue weighted by Gasteiger charge is 2.19. The minimum Gasteiger partial charge on any atom is -0.319 e. The van der Waals surface area contributed by atoms with Crippen molar-refractivity contribution in [1.82, 2.24) is 4.98 Å². The molecular formula is C11H10F2N2. The van der Waals surface area contributed by atoms with Gasteiger partial charge in [0.1, 0.15) is 0 Å². The molecular weight excluding hydrogens is 198 g/mol. The number of aromatic nitrogens is 1. The Morgan fingerprint density at radius 3 is 2.60 bits per heavy atom. The summed E-state index contributed by atoms with van der Waals surface area (Å²) in [5.41, 5.74) is 6.35. The highest BCUT2D eigenvalue weighted by molar-refractivity contribution is 5.82. The van der Waals surface area contributed by atoms with E-state index in [1.807, 2.05) is 12.1 Å². The molecule has 2 nitrogen and oxygen atoms in total. The quantitative estimate of drug-likeness (QED) is 0.823. The monoisotopic (exact) mass is 208 g/mol. The van der Waals surface area contributed by atoms with Crippen LogP contribution in [0.3, 0.4) is 0 Å². The Balaban J connectivity index is 2.60. The van der Waals surface area contributed by atoms with Gasteiger partial charge >= 0.3 is 0 Å². The first-order chi connectivity index (χ1) is 7.20. The molecule has 0 saturated carbocycles. The second-order valence-corrected chi connectivity index (χ2v) is 3.28. The third-order valence-electron chi connectivity index (χ3n) is 2.29. The molecule has 15 heavy (non-hydrogen) atoms. The molecule has 1 aromatic carbocycles. The van der Waals surface area contributed by atoms with E-state index in [1.54, 1.807) is 24.4 Å². The Hall–Kier alpha value is -1.55. The summed E-state index contributed by atoms with van der Waals surface area (Å²) in [4.78, 5) is 4.07. The fourth-order valence-electron chi connectivity index (χ4n) is 1.53. The maximum absolute atomic E-state index is 12.5. The van der Waals surface area contributed by atoms with E-state index in [0.717, 1.165) is 5.39 Å². The van der Waals surface area contributed by atoms with Gasteiger partial charge in [0, 0.05) is 17.1 Å². The molecule has 0 saturated heterocycles. The minimum atomic E-state index is -2.57. The highest BCUT2D eigenvalue weighted by Crippen LogP contribution is 2.24. The molecule has 1 heterocycles. The van der Waals surface area contributed by atoms with Crippen LogP contribution >= 0.6 is 0 Å². The van der Waals surface area contributed by atoms with E-state index < -0.39 is 12.5 Å². The lowest BCUT2D eigenvalue weighted by molar-refractivity contribution is 0.117. The van der Waals surface area contributed by atoms with Crippen LogP contribution in [0.4, 0.5) is 8.78 Å². The van der Waals surface area contributed by atoms with E-state index in [9.17, 15) is 8.78 Å². The first-order valence-corrected chi connectivity index (χ1v) is 4.57. The average molecular weight is 208 g/mol. The van der Waals surface area contributed by atoms with Gasteiger partial charge in [-0.15, -0.1) is 0 Å². The van der Waals surface area contributed by atoms with Gasteiger partial charge in [-0.3, -0.25) is 4.98 Å². The van der Waals surface area contributed by atoms with Crippen LogP contribution in [0, 0.1) is 0 Å². The summed E-state index contributed by atoms with van der Waals surface area (Å²) in [6, 6.07) is 7.44. The van der Waals surface area contributed by atoms with E-state index in [-0.39, 0.29) is 0 Å². The zero-order valence-corrected chi connectivity index (χ0v) is 7.90. The largest absolute Gasteiger partial charge is 0.319 e. The molecule has 1 aromatic heterocycles. The molecule has 0 radical (unpaired) electrons. The zero-order chi connectivity index (χ0) is 10.8. The molecule has 0 aliphatic heterocycles. The lowest BCUT2D eigenvalue weighted by atomic mass is 10.0. The van der Waals surface area contributed by atoms with Gasteiger partial charge in [0.05, 0.1) is 11.6 Å². The van der Waals surface area contributed by atoms with Gasteiger partial charge in [-0.25, -0.2) is 8.78 Å². The molecule has 1 atom stereocenters. The Morgan fingerprint density at radius 2 is 1.87 bits per heavy atom. The Morgan fingerprint density at radius 1 is 1.13 bits per heavy atom. The van der Waals surface area contributed by atoms with Gasteiger partial charge in [0.15, 0.2) is 0 Å². The molecule has 0 bridgehead atoms. The number of alkyl halides is 2. The smallest absolute Gasteiger partial charge is 0.257 e. The predicted molar refractivity (Wildman–Crippen MR) is 54.7 cm³/mol. The molecule has 0 aliphatic carbocycles. The number of fused-ring (bicyclic) bond motifs is 1. The number of nitrogens with zero attached hydrogens (tertiary/aromatic N) is 1. The second-order valence-electron chi connectivity index (χ2n) is 3.28. The highest BCUT2D eigenvalue weighted by atomic mass is 19.3. The van der Waals surface area contributed by atoms with Crippen LogP contribution in [-0.4, -0.2) is 11.4 Å². The summed E-state index contributed by atoms with van der Waals surface area (Å²) in [6.45, 7) is 0. The molecule has 0 amide bonds. The van der Waals surface area contributed by atoms with Crippen molar-refractivity contribution in [3.8, 4) is 0 Å². The number of hydrogen-bond acceptors (Lipinski definition) is 2. The number of pyridine rings is 1. The van der Waals surface area contributed by atoms with Crippen LogP contribution in [0.5, 0.6) is 0 Å². The van der Waals surface area contributed by atoms with Crippen molar-refractivity contribution in [2.45, 2.75) is 12.5 Å². The minimum absolute atomic E-state index is 0.392. The number of nitrogens with two attached hydrogens (primary N) is 1. The van der Waals surface area contributed by atoms with Gasteiger partial charge in [-0.2, -0.15) is 0 Å². The number of para-hydroxylation sites is 1. The third kappa shape index (κ3) is 1.80. The molecule has 1 unspecified atom stereocenters. The average Bonchev–Trinajstić information content (AvgIpc) is 2.27. The van der Waals surface area contributed by atoms with Gasteiger partial charge in [0.2, 0.25) is 0 Å². The van der Waals surface area contributed by atoms with Crippen LogP contribution < -0.4 is 5.73 Å². The third-order valence-corrected chi connectivity index (χ3v) is 2.29. The van der Waals surface area contributed by atoms with Crippen LogP contribution in [0.15, 0.2) is 36.5 Å². The summed E-state index contributed by atoms with van der Waals surface area (Å²) in [7, 11) is 0. The first kappa shape index (κ1) is 9.98. The van der Waals surface area contributed by atoms with Gasteiger partial charge in [-0.1, -0.05) is 24.3 Å². The normalized spacial score (nSPS) is 13.3. The van der Waals surface area contributed by atoms with Crippen molar-refractivity contribution < 1.29 is 8.78 Å². The van der Waals surface area contributed by atoms with Gasteiger partial charge < -0.3 is 5.73 Å². The second kappa shape index (κ2) is 3.90. The number of rotatable bonds is 2. The fraction of sp³-hybridized carbons (Fsp3) is 0.182. The number of halogens is 2. The zero-order valence-electron chi connectivity index (χ0n) is 7.90. The van der Waals surface area contributed by atoms with Gasteiger partial charge in [0.25, 0.3) is 6.43 Å². The van der Waals surface area contributed by atoms with Crippen molar-refractivity contribution in [1.29, 1.82) is 0 Å². The maximum Gasteiger partial charge on any atom is 0.257 e. The maximum atomic E-state index is 12.5. The number of benzene rings is 1. The van der Waals surface area contributed by atoms with Crippen LogP contribution in [-0.2, 0) is 0 Å². The fourth-order valence-corrected chi connectivity index (χ4v) is 1.53. The van der Waals surface area contributed by atoms with E-state index in [0.29, 0.717) is 11.1 Å². The van der Waals surface area contributed by atoms with Crippen molar-refractivity contribution in [2.75, 3.05) is 0 Å². The summed E-state index contributed by atoms with van der Waals surface area (Å²) in [6.07, 6.45) is -0.998. The van der Waals surface area contributed by atoms with Crippen LogP contribution in [0.2, 0.25) is 0 Å². The molecule has 2 N–H and O–H groups in total. The summed E-state index contributed by atoms with van der Waals surface area (Å²) < 4.78 is 25.0. The molecule has 0 fully saturated rings. The molecule has 0 aliphatic rings. The topological polar surface area (TPSA) is 38.9 Å². The van der Waals surface area contributed by atoms with E-state index in [4.69, 9.17) is 5.73 Å². The van der Waals surface area contributed by atoms with Crippen molar-refractivity contribution in [2.24, 2.45) is 5.73 Å². The summed E-state index contributed by atoms with van der Waals surface area (Å²) >= 11 is 0.